The summed E-state index contributed by atoms with van der Waals surface area (Å²) in [5.74, 6) is 0.821. The first-order chi connectivity index (χ1) is 13.4. The molecule has 1 N–H and O–H groups in total. The molecule has 1 aliphatic carbocycles. The normalized spacial score (nSPS) is 20.4. The molecule has 27 heavy (non-hydrogen) atoms. The van der Waals surface area contributed by atoms with E-state index in [1.165, 1.54) is 64.7 Å². The molecule has 0 amide bonds. The smallest absolute Gasteiger partial charge is 0.0383 e. The van der Waals surface area contributed by atoms with Gasteiger partial charge in [0.2, 0.25) is 0 Å². The van der Waals surface area contributed by atoms with Gasteiger partial charge in [-0.15, -0.1) is 0 Å². The first kappa shape index (κ1) is 15.9. The van der Waals surface area contributed by atoms with Gasteiger partial charge in [-0.3, -0.25) is 4.90 Å². The molecule has 0 radical (unpaired) electrons. The van der Waals surface area contributed by atoms with Crippen molar-refractivity contribution in [2.24, 2.45) is 5.92 Å². The number of benzene rings is 4. The predicted molar refractivity (Wildman–Crippen MR) is 115 cm³/mol. The molecule has 2 nitrogen and oxygen atoms in total. The molecule has 0 spiro atoms. The van der Waals surface area contributed by atoms with E-state index >= 15 is 0 Å². The average Bonchev–Trinajstić information content (AvgIpc) is 2.69. The predicted octanol–water partition coefficient (Wildman–Crippen LogP) is 5.33. The molecule has 1 saturated heterocycles. The van der Waals surface area contributed by atoms with Crippen LogP contribution in [-0.4, -0.2) is 31.1 Å². The van der Waals surface area contributed by atoms with Gasteiger partial charge in [0.05, 0.1) is 0 Å². The molecule has 2 aliphatic rings. The van der Waals surface area contributed by atoms with Gasteiger partial charge in [0, 0.05) is 32.2 Å². The monoisotopic (exact) mass is 354 g/mol. The van der Waals surface area contributed by atoms with Crippen LogP contribution in [0.15, 0.2) is 54.6 Å². The summed E-state index contributed by atoms with van der Waals surface area (Å²) in [6.07, 6.45) is 4.17. The van der Waals surface area contributed by atoms with E-state index in [9.17, 15) is 0 Å². The van der Waals surface area contributed by atoms with Crippen LogP contribution in [0.5, 0.6) is 0 Å². The second-order valence-electron chi connectivity index (χ2n) is 8.43. The first-order valence-electron chi connectivity index (χ1n) is 10.5. The molecular weight excluding hydrogens is 328 g/mol. The maximum Gasteiger partial charge on any atom is 0.0383 e. The summed E-state index contributed by atoms with van der Waals surface area (Å²) in [5, 5.41) is 12.0. The Hall–Kier alpha value is -2.16. The van der Waals surface area contributed by atoms with Crippen LogP contribution in [0.4, 0.5) is 0 Å². The topological polar surface area (TPSA) is 15.3 Å². The molecule has 2 fully saturated rings. The van der Waals surface area contributed by atoms with Gasteiger partial charge in [-0.1, -0.05) is 61.0 Å². The number of rotatable bonds is 3. The molecule has 6 rings (SSSR count). The number of piperazine rings is 1. The quantitative estimate of drug-likeness (QED) is 0.500. The van der Waals surface area contributed by atoms with Crippen molar-refractivity contribution in [3.63, 3.8) is 0 Å². The van der Waals surface area contributed by atoms with E-state index in [0.29, 0.717) is 6.04 Å². The van der Waals surface area contributed by atoms with Gasteiger partial charge < -0.3 is 5.32 Å². The summed E-state index contributed by atoms with van der Waals surface area (Å²) in [5.41, 5.74) is 1.56. The molecule has 4 aromatic rings. The molecule has 1 saturated carbocycles. The van der Waals surface area contributed by atoms with Gasteiger partial charge in [-0.05, 0) is 56.6 Å². The Balaban J connectivity index is 1.61. The Morgan fingerprint density at radius 1 is 0.778 bits per heavy atom. The van der Waals surface area contributed by atoms with Gasteiger partial charge in [0.1, 0.15) is 0 Å². The molecule has 1 aliphatic heterocycles. The number of hydrogen-bond acceptors (Lipinski definition) is 2. The molecule has 2 heteroatoms. The van der Waals surface area contributed by atoms with Crippen molar-refractivity contribution >= 4 is 32.3 Å². The third-order valence-electron chi connectivity index (χ3n) is 7.02. The van der Waals surface area contributed by atoms with Gasteiger partial charge in [-0.25, -0.2) is 0 Å². The molecule has 1 atom stereocenters. The molecule has 4 aromatic carbocycles. The highest BCUT2D eigenvalue weighted by molar-refractivity contribution is 6.23. The lowest BCUT2D eigenvalue weighted by atomic mass is 9.75. The lowest BCUT2D eigenvalue weighted by Crippen LogP contribution is -2.47. The van der Waals surface area contributed by atoms with Crippen LogP contribution in [-0.2, 0) is 0 Å². The van der Waals surface area contributed by atoms with Crippen LogP contribution >= 0.6 is 0 Å². The Bertz CT molecular complexity index is 1090. The summed E-state index contributed by atoms with van der Waals surface area (Å²) in [7, 11) is 0. The van der Waals surface area contributed by atoms with Gasteiger partial charge in [0.25, 0.3) is 0 Å². The minimum atomic E-state index is 0.574. The second-order valence-corrected chi connectivity index (χ2v) is 8.43. The summed E-state index contributed by atoms with van der Waals surface area (Å²) >= 11 is 0. The van der Waals surface area contributed by atoms with Crippen molar-refractivity contribution in [2.45, 2.75) is 25.3 Å². The highest BCUT2D eigenvalue weighted by Gasteiger charge is 2.34. The van der Waals surface area contributed by atoms with Crippen LogP contribution in [0.3, 0.4) is 0 Å². The second kappa shape index (κ2) is 6.19. The number of nitrogens with one attached hydrogen (secondary N) is 1. The van der Waals surface area contributed by atoms with E-state index < -0.39 is 0 Å². The molecule has 0 unspecified atom stereocenters. The number of nitrogens with zero attached hydrogens (tertiary/aromatic N) is 1. The fourth-order valence-corrected chi connectivity index (χ4v) is 5.48. The van der Waals surface area contributed by atoms with Gasteiger partial charge >= 0.3 is 0 Å². The lowest BCUT2D eigenvalue weighted by Gasteiger charge is -2.43. The Morgan fingerprint density at radius 3 is 2.15 bits per heavy atom. The van der Waals surface area contributed by atoms with Crippen molar-refractivity contribution in [1.82, 2.24) is 10.2 Å². The van der Waals surface area contributed by atoms with Crippen LogP contribution in [0.1, 0.15) is 30.9 Å². The first-order valence-corrected chi connectivity index (χ1v) is 10.5. The van der Waals surface area contributed by atoms with E-state index in [0.717, 1.165) is 19.0 Å². The zero-order valence-electron chi connectivity index (χ0n) is 15.7. The zero-order valence-corrected chi connectivity index (χ0v) is 15.7. The van der Waals surface area contributed by atoms with Crippen molar-refractivity contribution in [1.29, 1.82) is 0 Å². The van der Waals surface area contributed by atoms with E-state index in [1.54, 1.807) is 5.56 Å². The summed E-state index contributed by atoms with van der Waals surface area (Å²) in [6.45, 7) is 4.58. The maximum absolute atomic E-state index is 3.53. The fraction of sp³-hybridized carbons (Fsp3) is 0.360. The third-order valence-corrected chi connectivity index (χ3v) is 7.02. The lowest BCUT2D eigenvalue weighted by molar-refractivity contribution is 0.0847. The van der Waals surface area contributed by atoms with Crippen molar-refractivity contribution < 1.29 is 0 Å². The third kappa shape index (κ3) is 2.40. The molecule has 1 heterocycles. The highest BCUT2D eigenvalue weighted by Crippen LogP contribution is 2.45. The standard InChI is InChI=1S/C25H26N2/c1-3-17-7-8-19-10-12-22(21-11-9-18(4-1)23(17)24(19)21)25(20-5-2-6-20)27-15-13-26-14-16-27/h1,3-4,7-12,20,25-26H,2,5-6,13-16H2/t25-/m0/s1. The van der Waals surface area contributed by atoms with Crippen LogP contribution < -0.4 is 5.32 Å². The summed E-state index contributed by atoms with van der Waals surface area (Å²) in [6, 6.07) is 21.4. The minimum absolute atomic E-state index is 0.574. The minimum Gasteiger partial charge on any atom is -0.314 e. The highest BCUT2D eigenvalue weighted by atomic mass is 15.2. The van der Waals surface area contributed by atoms with Crippen molar-refractivity contribution in [3.8, 4) is 0 Å². The molecular formula is C25H26N2. The largest absolute Gasteiger partial charge is 0.314 e. The van der Waals surface area contributed by atoms with Crippen LogP contribution in [0.2, 0.25) is 0 Å². The Morgan fingerprint density at radius 2 is 1.44 bits per heavy atom. The number of hydrogen-bond donors (Lipinski definition) is 1. The van der Waals surface area contributed by atoms with E-state index in [-0.39, 0.29) is 0 Å². The van der Waals surface area contributed by atoms with Crippen LogP contribution in [0, 0.1) is 5.92 Å². The molecule has 0 aromatic heterocycles. The Labute approximate surface area is 160 Å². The van der Waals surface area contributed by atoms with Gasteiger partial charge in [0.15, 0.2) is 0 Å². The van der Waals surface area contributed by atoms with Gasteiger partial charge in [-0.2, -0.15) is 0 Å². The van der Waals surface area contributed by atoms with E-state index in [2.05, 4.69) is 64.8 Å². The van der Waals surface area contributed by atoms with E-state index in [4.69, 9.17) is 0 Å². The zero-order chi connectivity index (χ0) is 17.8. The fourth-order valence-electron chi connectivity index (χ4n) is 5.48. The van der Waals surface area contributed by atoms with Crippen LogP contribution in [0.25, 0.3) is 32.3 Å². The Kier molecular flexibility index (Phi) is 3.63. The SMILES string of the molecule is c1cc2ccc3ccc([C@H](C4CCC4)N4CCNCC4)c4ccc(c1)c2c34. The molecule has 0 bridgehead atoms. The van der Waals surface area contributed by atoms with E-state index in [1.807, 2.05) is 0 Å². The summed E-state index contributed by atoms with van der Waals surface area (Å²) in [4.78, 5) is 2.76. The average molecular weight is 354 g/mol. The van der Waals surface area contributed by atoms with Crippen molar-refractivity contribution in [2.75, 3.05) is 26.2 Å². The maximum atomic E-state index is 3.53. The molecule has 136 valence electrons. The van der Waals surface area contributed by atoms with Crippen molar-refractivity contribution in [3.05, 3.63) is 60.2 Å². The summed E-state index contributed by atoms with van der Waals surface area (Å²) < 4.78 is 0.